The van der Waals surface area contributed by atoms with Crippen LogP contribution in [0.4, 0.5) is 0 Å². The minimum atomic E-state index is -0.747. The third-order valence-electron chi connectivity index (χ3n) is 3.15. The van der Waals surface area contributed by atoms with Gasteiger partial charge in [0, 0.05) is 25.7 Å². The van der Waals surface area contributed by atoms with Crippen LogP contribution in [0.2, 0.25) is 0 Å². The third-order valence-corrected chi connectivity index (χ3v) is 3.15. The fourth-order valence-corrected chi connectivity index (χ4v) is 2.20. The monoisotopic (exact) mass is 244 g/mol. The van der Waals surface area contributed by atoms with Crippen molar-refractivity contribution in [3.05, 3.63) is 0 Å². The van der Waals surface area contributed by atoms with Crippen LogP contribution >= 0.6 is 0 Å². The maximum absolute atomic E-state index is 10.9. The molecule has 1 N–H and O–H groups in total. The summed E-state index contributed by atoms with van der Waals surface area (Å²) in [7, 11) is 4.01. The highest BCUT2D eigenvalue weighted by Crippen LogP contribution is 2.18. The Balaban J connectivity index is 2.51. The zero-order valence-electron chi connectivity index (χ0n) is 11.1. The number of rotatable bonds is 6. The summed E-state index contributed by atoms with van der Waals surface area (Å²) in [4.78, 5) is 15.0. The summed E-state index contributed by atoms with van der Waals surface area (Å²) in [5.74, 6) is -0.747. The average molecular weight is 244 g/mol. The Morgan fingerprint density at radius 2 is 2.12 bits per heavy atom. The molecule has 0 saturated carbocycles. The lowest BCUT2D eigenvalue weighted by Gasteiger charge is -2.36. The van der Waals surface area contributed by atoms with E-state index in [2.05, 4.69) is 16.7 Å². The van der Waals surface area contributed by atoms with Crippen LogP contribution in [0.25, 0.3) is 0 Å². The van der Waals surface area contributed by atoms with E-state index >= 15 is 0 Å². The van der Waals surface area contributed by atoms with Crippen molar-refractivity contribution in [2.75, 3.05) is 40.3 Å². The number of nitrogens with zero attached hydrogens (tertiary/aromatic N) is 2. The van der Waals surface area contributed by atoms with Crippen molar-refractivity contribution in [2.24, 2.45) is 0 Å². The second-order valence-electron chi connectivity index (χ2n) is 5.03. The van der Waals surface area contributed by atoms with E-state index in [1.165, 1.54) is 0 Å². The van der Waals surface area contributed by atoms with Gasteiger partial charge in [-0.25, -0.2) is 0 Å². The number of hydrogen-bond acceptors (Lipinski definition) is 4. The van der Waals surface area contributed by atoms with Gasteiger partial charge in [0.05, 0.1) is 12.6 Å². The Morgan fingerprint density at radius 3 is 2.65 bits per heavy atom. The van der Waals surface area contributed by atoms with Crippen LogP contribution in [-0.2, 0) is 9.53 Å². The molecular weight excluding hydrogens is 220 g/mol. The molecule has 1 saturated heterocycles. The molecule has 0 spiro atoms. The van der Waals surface area contributed by atoms with E-state index in [1.807, 2.05) is 14.1 Å². The van der Waals surface area contributed by atoms with E-state index in [9.17, 15) is 4.79 Å². The summed E-state index contributed by atoms with van der Waals surface area (Å²) in [6.45, 7) is 4.61. The standard InChI is InChI=1S/C12H24N2O3/c1-10-8-11(4-7-17-10)14(9-12(15)16)6-5-13(2)3/h10-11H,4-9H2,1-3H3,(H,15,16). The molecule has 100 valence electrons. The third kappa shape index (κ3) is 5.48. The molecule has 0 bridgehead atoms. The highest BCUT2D eigenvalue weighted by Gasteiger charge is 2.26. The predicted octanol–water partition coefficient (Wildman–Crippen LogP) is 0.502. The van der Waals surface area contributed by atoms with Crippen LogP contribution in [-0.4, -0.2) is 73.4 Å². The minimum absolute atomic E-state index is 0.130. The van der Waals surface area contributed by atoms with Gasteiger partial charge in [0.1, 0.15) is 0 Å². The summed E-state index contributed by atoms with van der Waals surface area (Å²) < 4.78 is 5.50. The molecule has 1 aliphatic rings. The molecule has 5 heteroatoms. The smallest absolute Gasteiger partial charge is 0.317 e. The normalized spacial score (nSPS) is 25.5. The lowest BCUT2D eigenvalue weighted by atomic mass is 10.0. The number of ether oxygens (including phenoxy) is 1. The molecule has 1 fully saturated rings. The van der Waals surface area contributed by atoms with Crippen LogP contribution in [0.15, 0.2) is 0 Å². The maximum Gasteiger partial charge on any atom is 0.317 e. The molecular formula is C12H24N2O3. The molecule has 1 rings (SSSR count). The van der Waals surface area contributed by atoms with Crippen LogP contribution in [0.5, 0.6) is 0 Å². The van der Waals surface area contributed by atoms with Gasteiger partial charge in [-0.1, -0.05) is 0 Å². The second-order valence-corrected chi connectivity index (χ2v) is 5.03. The zero-order valence-corrected chi connectivity index (χ0v) is 11.1. The van der Waals surface area contributed by atoms with Crippen LogP contribution in [0.3, 0.4) is 0 Å². The van der Waals surface area contributed by atoms with Crippen LogP contribution in [0, 0.1) is 0 Å². The van der Waals surface area contributed by atoms with E-state index in [0.717, 1.165) is 32.5 Å². The van der Waals surface area contributed by atoms with Gasteiger partial charge in [0.2, 0.25) is 0 Å². The molecule has 2 atom stereocenters. The van der Waals surface area contributed by atoms with Gasteiger partial charge in [0.15, 0.2) is 0 Å². The molecule has 2 unspecified atom stereocenters. The Hall–Kier alpha value is -0.650. The quantitative estimate of drug-likeness (QED) is 0.737. The summed E-state index contributed by atoms with van der Waals surface area (Å²) in [6, 6.07) is 0.342. The molecule has 0 aromatic heterocycles. The number of hydrogen-bond donors (Lipinski definition) is 1. The number of carboxylic acid groups (broad SMARTS) is 1. The van der Waals surface area contributed by atoms with Gasteiger partial charge in [0.25, 0.3) is 0 Å². The largest absolute Gasteiger partial charge is 0.480 e. The first-order valence-electron chi connectivity index (χ1n) is 6.21. The summed E-state index contributed by atoms with van der Waals surface area (Å²) >= 11 is 0. The summed E-state index contributed by atoms with van der Waals surface area (Å²) in [5, 5.41) is 8.96. The van der Waals surface area contributed by atoms with E-state index in [-0.39, 0.29) is 12.6 Å². The lowest BCUT2D eigenvalue weighted by molar-refractivity contribution is -0.139. The van der Waals surface area contributed by atoms with Gasteiger partial charge in [-0.05, 0) is 33.9 Å². The van der Waals surface area contributed by atoms with Gasteiger partial charge in [-0.15, -0.1) is 0 Å². The Kier molecular flexibility index (Phi) is 5.88. The van der Waals surface area contributed by atoms with E-state index in [0.29, 0.717) is 6.04 Å². The van der Waals surface area contributed by atoms with Crippen molar-refractivity contribution in [1.82, 2.24) is 9.80 Å². The SMILES string of the molecule is CC1CC(N(CCN(C)C)CC(=O)O)CCO1. The molecule has 1 heterocycles. The molecule has 0 aromatic rings. The second kappa shape index (κ2) is 6.93. The zero-order chi connectivity index (χ0) is 12.8. The van der Waals surface area contributed by atoms with Gasteiger partial charge in [-0.2, -0.15) is 0 Å². The molecule has 5 nitrogen and oxygen atoms in total. The fourth-order valence-electron chi connectivity index (χ4n) is 2.20. The van der Waals surface area contributed by atoms with Crippen molar-refractivity contribution in [3.63, 3.8) is 0 Å². The first-order valence-corrected chi connectivity index (χ1v) is 6.21. The summed E-state index contributed by atoms with van der Waals surface area (Å²) in [5.41, 5.74) is 0. The van der Waals surface area contributed by atoms with Crippen molar-refractivity contribution < 1.29 is 14.6 Å². The Morgan fingerprint density at radius 1 is 1.41 bits per heavy atom. The number of likely N-dealkylation sites (N-methyl/N-ethyl adjacent to an activating group) is 1. The number of carboxylic acids is 1. The molecule has 0 radical (unpaired) electrons. The van der Waals surface area contributed by atoms with Crippen molar-refractivity contribution >= 4 is 5.97 Å². The van der Waals surface area contributed by atoms with Crippen molar-refractivity contribution in [2.45, 2.75) is 31.9 Å². The minimum Gasteiger partial charge on any atom is -0.480 e. The number of aliphatic carboxylic acids is 1. The summed E-state index contributed by atoms with van der Waals surface area (Å²) in [6.07, 6.45) is 2.11. The van der Waals surface area contributed by atoms with Gasteiger partial charge in [-0.3, -0.25) is 9.69 Å². The Bertz CT molecular complexity index is 246. The predicted molar refractivity (Wildman–Crippen MR) is 66.2 cm³/mol. The molecule has 0 aliphatic carbocycles. The highest BCUT2D eigenvalue weighted by molar-refractivity contribution is 5.69. The first kappa shape index (κ1) is 14.4. The highest BCUT2D eigenvalue weighted by atomic mass is 16.5. The van der Waals surface area contributed by atoms with E-state index in [1.54, 1.807) is 0 Å². The topological polar surface area (TPSA) is 53.0 Å². The molecule has 1 aliphatic heterocycles. The van der Waals surface area contributed by atoms with Gasteiger partial charge < -0.3 is 14.7 Å². The lowest BCUT2D eigenvalue weighted by Crippen LogP contribution is -2.46. The van der Waals surface area contributed by atoms with Crippen LogP contribution < -0.4 is 0 Å². The van der Waals surface area contributed by atoms with Crippen LogP contribution in [0.1, 0.15) is 19.8 Å². The number of carbonyl (C=O) groups is 1. The van der Waals surface area contributed by atoms with Crippen molar-refractivity contribution in [3.8, 4) is 0 Å². The Labute approximate surface area is 103 Å². The first-order chi connectivity index (χ1) is 7.99. The fraction of sp³-hybridized carbons (Fsp3) is 0.917. The maximum atomic E-state index is 10.9. The van der Waals surface area contributed by atoms with E-state index in [4.69, 9.17) is 9.84 Å². The molecule has 0 amide bonds. The molecule has 0 aromatic carbocycles. The molecule has 17 heavy (non-hydrogen) atoms. The van der Waals surface area contributed by atoms with E-state index < -0.39 is 5.97 Å². The van der Waals surface area contributed by atoms with Gasteiger partial charge >= 0.3 is 5.97 Å². The van der Waals surface area contributed by atoms with Crippen molar-refractivity contribution in [1.29, 1.82) is 0 Å². The average Bonchev–Trinajstić information content (AvgIpc) is 2.23.